The molecule has 19 heavy (non-hydrogen) atoms. The van der Waals surface area contributed by atoms with E-state index < -0.39 is 0 Å². The van der Waals surface area contributed by atoms with Gasteiger partial charge in [0.1, 0.15) is 11.6 Å². The molecular formula is C15H14FNO2. The second kappa shape index (κ2) is 5.52. The van der Waals surface area contributed by atoms with Crippen LogP contribution in [0, 0.1) is 12.7 Å². The summed E-state index contributed by atoms with van der Waals surface area (Å²) in [7, 11) is 0. The van der Waals surface area contributed by atoms with E-state index in [4.69, 9.17) is 10.5 Å². The second-order valence-corrected chi connectivity index (χ2v) is 4.21. The van der Waals surface area contributed by atoms with Crippen molar-refractivity contribution in [2.75, 3.05) is 12.3 Å². The number of para-hydroxylation sites is 2. The van der Waals surface area contributed by atoms with Crippen molar-refractivity contribution >= 4 is 11.5 Å². The SMILES string of the molecule is Cc1cc(C(=O)COc2ccccc2N)ccc1F. The van der Waals surface area contributed by atoms with E-state index >= 15 is 0 Å². The number of anilines is 1. The first-order chi connectivity index (χ1) is 9.08. The summed E-state index contributed by atoms with van der Waals surface area (Å²) in [6.45, 7) is 1.49. The third-order valence-electron chi connectivity index (χ3n) is 2.76. The Bertz CT molecular complexity index is 611. The second-order valence-electron chi connectivity index (χ2n) is 4.21. The summed E-state index contributed by atoms with van der Waals surface area (Å²) in [6, 6.07) is 11.2. The Morgan fingerprint density at radius 3 is 2.68 bits per heavy atom. The molecule has 2 aromatic rings. The van der Waals surface area contributed by atoms with Crippen LogP contribution in [-0.4, -0.2) is 12.4 Å². The zero-order valence-corrected chi connectivity index (χ0v) is 10.5. The number of nitrogens with two attached hydrogens (primary N) is 1. The number of benzene rings is 2. The van der Waals surface area contributed by atoms with Gasteiger partial charge in [0.05, 0.1) is 5.69 Å². The van der Waals surface area contributed by atoms with Gasteiger partial charge in [-0.1, -0.05) is 12.1 Å². The number of halogens is 1. The Morgan fingerprint density at radius 1 is 1.26 bits per heavy atom. The van der Waals surface area contributed by atoms with Crippen LogP contribution in [0.25, 0.3) is 0 Å². The predicted octanol–water partition coefficient (Wildman–Crippen LogP) is 2.98. The van der Waals surface area contributed by atoms with Crippen molar-refractivity contribution in [3.05, 3.63) is 59.4 Å². The maximum absolute atomic E-state index is 13.1. The molecule has 2 aromatic carbocycles. The van der Waals surface area contributed by atoms with Crippen molar-refractivity contribution in [2.24, 2.45) is 0 Å². The molecule has 0 aliphatic heterocycles. The quantitative estimate of drug-likeness (QED) is 0.678. The first-order valence-electron chi connectivity index (χ1n) is 5.84. The Kier molecular flexibility index (Phi) is 3.80. The minimum absolute atomic E-state index is 0.126. The molecule has 0 radical (unpaired) electrons. The van der Waals surface area contributed by atoms with Gasteiger partial charge in [-0.05, 0) is 42.8 Å². The summed E-state index contributed by atoms with van der Waals surface area (Å²) in [6.07, 6.45) is 0. The van der Waals surface area contributed by atoms with E-state index in [1.807, 2.05) is 0 Å². The monoisotopic (exact) mass is 259 g/mol. The third-order valence-corrected chi connectivity index (χ3v) is 2.76. The minimum atomic E-state index is -0.329. The predicted molar refractivity (Wildman–Crippen MR) is 71.8 cm³/mol. The van der Waals surface area contributed by atoms with Crippen LogP contribution in [0.15, 0.2) is 42.5 Å². The highest BCUT2D eigenvalue weighted by Gasteiger charge is 2.09. The number of ketones is 1. The largest absolute Gasteiger partial charge is 0.483 e. The highest BCUT2D eigenvalue weighted by molar-refractivity contribution is 5.97. The van der Waals surface area contributed by atoms with Gasteiger partial charge in [0, 0.05) is 5.56 Å². The van der Waals surface area contributed by atoms with E-state index in [-0.39, 0.29) is 18.2 Å². The van der Waals surface area contributed by atoms with Gasteiger partial charge in [0.25, 0.3) is 0 Å². The number of hydrogen-bond acceptors (Lipinski definition) is 3. The van der Waals surface area contributed by atoms with Crippen LogP contribution >= 0.6 is 0 Å². The summed E-state index contributed by atoms with van der Waals surface area (Å²) >= 11 is 0. The first-order valence-corrected chi connectivity index (χ1v) is 5.84. The molecule has 0 spiro atoms. The minimum Gasteiger partial charge on any atom is -0.483 e. The van der Waals surface area contributed by atoms with Gasteiger partial charge >= 0.3 is 0 Å². The van der Waals surface area contributed by atoms with Crippen LogP contribution in [0.5, 0.6) is 5.75 Å². The fourth-order valence-corrected chi connectivity index (χ4v) is 1.66. The highest BCUT2D eigenvalue weighted by atomic mass is 19.1. The third kappa shape index (κ3) is 3.10. The lowest BCUT2D eigenvalue weighted by Gasteiger charge is -2.08. The summed E-state index contributed by atoms with van der Waals surface area (Å²) in [5.74, 6) is -0.0780. The van der Waals surface area contributed by atoms with E-state index in [9.17, 15) is 9.18 Å². The smallest absolute Gasteiger partial charge is 0.200 e. The summed E-state index contributed by atoms with van der Waals surface area (Å²) < 4.78 is 18.5. The number of aryl methyl sites for hydroxylation is 1. The Labute approximate surface area is 110 Å². The van der Waals surface area contributed by atoms with Gasteiger partial charge in [-0.15, -0.1) is 0 Å². The van der Waals surface area contributed by atoms with Gasteiger partial charge < -0.3 is 10.5 Å². The number of nitrogen functional groups attached to an aromatic ring is 1. The topological polar surface area (TPSA) is 52.3 Å². The number of Topliss-reactive ketones (excluding diaryl/α,β-unsaturated/α-hetero) is 1. The van der Waals surface area contributed by atoms with E-state index in [0.717, 1.165) is 0 Å². The molecule has 0 amide bonds. The van der Waals surface area contributed by atoms with Crippen LogP contribution in [0.1, 0.15) is 15.9 Å². The first kappa shape index (κ1) is 13.1. The highest BCUT2D eigenvalue weighted by Crippen LogP contribution is 2.20. The molecule has 0 bridgehead atoms. The molecule has 0 saturated carbocycles. The molecule has 0 unspecified atom stereocenters. The number of hydrogen-bond donors (Lipinski definition) is 1. The maximum Gasteiger partial charge on any atom is 0.200 e. The lowest BCUT2D eigenvalue weighted by molar-refractivity contribution is 0.0922. The normalized spacial score (nSPS) is 10.2. The summed E-state index contributed by atoms with van der Waals surface area (Å²) in [5, 5.41) is 0. The number of rotatable bonds is 4. The Hall–Kier alpha value is -2.36. The van der Waals surface area contributed by atoms with E-state index in [0.29, 0.717) is 22.6 Å². The molecule has 3 nitrogen and oxygen atoms in total. The van der Waals surface area contributed by atoms with Gasteiger partial charge in [-0.2, -0.15) is 0 Å². The zero-order valence-electron chi connectivity index (χ0n) is 10.5. The number of carbonyl (C=O) groups excluding carboxylic acids is 1. The summed E-state index contributed by atoms with van der Waals surface area (Å²) in [4.78, 5) is 11.9. The molecule has 0 aromatic heterocycles. The van der Waals surface area contributed by atoms with Crippen molar-refractivity contribution in [3.63, 3.8) is 0 Å². The average Bonchev–Trinajstić information content (AvgIpc) is 2.40. The standard InChI is InChI=1S/C15H14FNO2/c1-10-8-11(6-7-12(10)16)14(18)9-19-15-5-3-2-4-13(15)17/h2-8H,9,17H2,1H3. The Morgan fingerprint density at radius 2 is 2.00 bits per heavy atom. The van der Waals surface area contributed by atoms with Crippen LogP contribution in [0.2, 0.25) is 0 Å². The van der Waals surface area contributed by atoms with Crippen molar-refractivity contribution in [1.29, 1.82) is 0 Å². The van der Waals surface area contributed by atoms with Crippen molar-refractivity contribution in [2.45, 2.75) is 6.92 Å². The molecule has 0 fully saturated rings. The lowest BCUT2D eigenvalue weighted by Crippen LogP contribution is -2.12. The van der Waals surface area contributed by atoms with Crippen molar-refractivity contribution < 1.29 is 13.9 Å². The fourth-order valence-electron chi connectivity index (χ4n) is 1.66. The van der Waals surface area contributed by atoms with Crippen LogP contribution < -0.4 is 10.5 Å². The van der Waals surface area contributed by atoms with Crippen LogP contribution in [-0.2, 0) is 0 Å². The van der Waals surface area contributed by atoms with E-state index in [1.165, 1.54) is 18.2 Å². The molecule has 0 aliphatic carbocycles. The molecule has 0 atom stereocenters. The van der Waals surface area contributed by atoms with Crippen LogP contribution in [0.3, 0.4) is 0 Å². The lowest BCUT2D eigenvalue weighted by atomic mass is 10.1. The maximum atomic E-state index is 13.1. The molecular weight excluding hydrogens is 245 g/mol. The molecule has 2 rings (SSSR count). The zero-order chi connectivity index (χ0) is 13.8. The van der Waals surface area contributed by atoms with Gasteiger partial charge in [0.2, 0.25) is 0 Å². The molecule has 2 N–H and O–H groups in total. The molecule has 0 aliphatic rings. The molecule has 0 heterocycles. The molecule has 98 valence electrons. The van der Waals surface area contributed by atoms with E-state index in [1.54, 1.807) is 31.2 Å². The molecule has 4 heteroatoms. The number of ether oxygens (including phenoxy) is 1. The van der Waals surface area contributed by atoms with E-state index in [2.05, 4.69) is 0 Å². The van der Waals surface area contributed by atoms with Crippen molar-refractivity contribution in [1.82, 2.24) is 0 Å². The Balaban J connectivity index is 2.05. The average molecular weight is 259 g/mol. The van der Waals surface area contributed by atoms with Gasteiger partial charge in [-0.3, -0.25) is 4.79 Å². The van der Waals surface area contributed by atoms with Crippen molar-refractivity contribution in [3.8, 4) is 5.75 Å². The fraction of sp³-hybridized carbons (Fsp3) is 0.133. The van der Waals surface area contributed by atoms with Crippen LogP contribution in [0.4, 0.5) is 10.1 Å². The van der Waals surface area contributed by atoms with Gasteiger partial charge in [-0.25, -0.2) is 4.39 Å². The summed E-state index contributed by atoms with van der Waals surface area (Å²) in [5.41, 5.74) is 7.04. The number of carbonyl (C=O) groups is 1. The molecule has 0 saturated heterocycles. The van der Waals surface area contributed by atoms with Gasteiger partial charge in [0.15, 0.2) is 12.4 Å².